The van der Waals surface area contributed by atoms with Gasteiger partial charge in [0.15, 0.2) is 0 Å². The van der Waals surface area contributed by atoms with Crippen LogP contribution in [-0.4, -0.2) is 12.2 Å². The van der Waals surface area contributed by atoms with Gasteiger partial charge >= 0.3 is 0 Å². The number of hydrogen-bond donors (Lipinski definition) is 2. The number of nitrogens with two attached hydrogens (primary N) is 1. The number of halogens is 1. The number of nitrogens with zero attached hydrogens (tertiary/aromatic N) is 1. The molecule has 3 nitrogen and oxygen atoms in total. The summed E-state index contributed by atoms with van der Waals surface area (Å²) in [5.41, 5.74) is 7.57. The van der Waals surface area contributed by atoms with E-state index in [1.807, 2.05) is 11.9 Å². The van der Waals surface area contributed by atoms with Gasteiger partial charge in [-0.2, -0.15) is 0 Å². The Morgan fingerprint density at radius 1 is 1.17 bits per heavy atom. The minimum Gasteiger partial charge on any atom is -0.508 e. The molecule has 2 aromatic carbocycles. The predicted molar refractivity (Wildman–Crippen MR) is 71.0 cm³/mol. The summed E-state index contributed by atoms with van der Waals surface area (Å²) in [7, 11) is 1.85. The van der Waals surface area contributed by atoms with Crippen molar-refractivity contribution in [1.29, 1.82) is 0 Å². The Labute approximate surface area is 105 Å². The van der Waals surface area contributed by atoms with Crippen LogP contribution in [0.4, 0.5) is 15.8 Å². The Balaban J connectivity index is 2.21. The van der Waals surface area contributed by atoms with E-state index >= 15 is 0 Å². The zero-order chi connectivity index (χ0) is 13.1. The van der Waals surface area contributed by atoms with Gasteiger partial charge < -0.3 is 15.7 Å². The molecule has 0 fully saturated rings. The highest BCUT2D eigenvalue weighted by Gasteiger charge is 2.09. The van der Waals surface area contributed by atoms with Gasteiger partial charge in [0.25, 0.3) is 0 Å². The van der Waals surface area contributed by atoms with E-state index in [1.54, 1.807) is 36.4 Å². The fourth-order valence-electron chi connectivity index (χ4n) is 1.78. The molecule has 0 radical (unpaired) electrons. The Morgan fingerprint density at radius 2 is 1.83 bits per heavy atom. The molecule has 0 aliphatic rings. The third kappa shape index (κ3) is 2.53. The lowest BCUT2D eigenvalue weighted by atomic mass is 10.1. The van der Waals surface area contributed by atoms with Crippen LogP contribution < -0.4 is 10.6 Å². The van der Waals surface area contributed by atoms with Crippen LogP contribution in [0.5, 0.6) is 5.75 Å². The van der Waals surface area contributed by atoms with Crippen LogP contribution in [-0.2, 0) is 6.54 Å². The fourth-order valence-corrected chi connectivity index (χ4v) is 1.78. The van der Waals surface area contributed by atoms with Gasteiger partial charge in [-0.15, -0.1) is 0 Å². The molecule has 0 aliphatic heterocycles. The van der Waals surface area contributed by atoms with Crippen LogP contribution in [0.15, 0.2) is 42.5 Å². The lowest BCUT2D eigenvalue weighted by Gasteiger charge is -2.20. The molecule has 0 saturated carbocycles. The number of phenolic OH excluding ortho intramolecular Hbond substituents is 1. The summed E-state index contributed by atoms with van der Waals surface area (Å²) in [6.07, 6.45) is 0. The highest BCUT2D eigenvalue weighted by molar-refractivity contribution is 5.53. The largest absolute Gasteiger partial charge is 0.508 e. The summed E-state index contributed by atoms with van der Waals surface area (Å²) < 4.78 is 13.6. The molecule has 0 saturated heterocycles. The second-order valence-corrected chi connectivity index (χ2v) is 4.18. The zero-order valence-corrected chi connectivity index (χ0v) is 10.1. The third-order valence-electron chi connectivity index (χ3n) is 2.84. The first-order valence-corrected chi connectivity index (χ1v) is 5.61. The SMILES string of the molecule is CN(Cc1c(N)cccc1F)c1ccc(O)cc1. The standard InChI is InChI=1S/C14H15FN2O/c1-17(10-5-7-11(18)8-6-10)9-12-13(15)3-2-4-14(12)16/h2-8,18H,9,16H2,1H3. The van der Waals surface area contributed by atoms with Crippen LogP contribution in [0, 0.1) is 5.82 Å². The summed E-state index contributed by atoms with van der Waals surface area (Å²) in [6.45, 7) is 0.378. The van der Waals surface area contributed by atoms with Gasteiger partial charge in [-0.1, -0.05) is 6.07 Å². The second-order valence-electron chi connectivity index (χ2n) is 4.18. The maximum atomic E-state index is 13.6. The summed E-state index contributed by atoms with van der Waals surface area (Å²) in [5.74, 6) is -0.0989. The normalized spacial score (nSPS) is 10.3. The molecule has 94 valence electrons. The number of hydrogen-bond acceptors (Lipinski definition) is 3. The zero-order valence-electron chi connectivity index (χ0n) is 10.1. The molecule has 0 heterocycles. The highest BCUT2D eigenvalue weighted by atomic mass is 19.1. The molecule has 2 aromatic rings. The Kier molecular flexibility index (Phi) is 3.37. The molecule has 0 atom stereocenters. The van der Waals surface area contributed by atoms with Crippen molar-refractivity contribution in [3.05, 3.63) is 53.8 Å². The summed E-state index contributed by atoms with van der Waals surface area (Å²) in [4.78, 5) is 1.87. The van der Waals surface area contributed by atoms with Crippen molar-refractivity contribution in [2.75, 3.05) is 17.7 Å². The summed E-state index contributed by atoms with van der Waals surface area (Å²) >= 11 is 0. The number of nitrogen functional groups attached to an aromatic ring is 1. The van der Waals surface area contributed by atoms with E-state index in [0.717, 1.165) is 5.69 Å². The minimum atomic E-state index is -0.305. The highest BCUT2D eigenvalue weighted by Crippen LogP contribution is 2.22. The van der Waals surface area contributed by atoms with Crippen LogP contribution >= 0.6 is 0 Å². The van der Waals surface area contributed by atoms with Gasteiger partial charge in [0.1, 0.15) is 11.6 Å². The molecule has 0 bridgehead atoms. The lowest BCUT2D eigenvalue weighted by molar-refractivity contribution is 0.475. The van der Waals surface area contributed by atoms with Crippen LogP contribution in [0.1, 0.15) is 5.56 Å². The Bertz CT molecular complexity index is 520. The number of benzene rings is 2. The topological polar surface area (TPSA) is 49.5 Å². The molecule has 0 aromatic heterocycles. The van der Waals surface area contributed by atoms with Crippen molar-refractivity contribution in [3.8, 4) is 5.75 Å². The molecular formula is C14H15FN2O. The van der Waals surface area contributed by atoms with E-state index < -0.39 is 0 Å². The number of anilines is 2. The Morgan fingerprint density at radius 3 is 2.44 bits per heavy atom. The minimum absolute atomic E-state index is 0.206. The van der Waals surface area contributed by atoms with Crippen LogP contribution in [0.3, 0.4) is 0 Å². The van der Waals surface area contributed by atoms with E-state index in [2.05, 4.69) is 0 Å². The van der Waals surface area contributed by atoms with Crippen molar-refractivity contribution in [3.63, 3.8) is 0 Å². The first-order chi connectivity index (χ1) is 8.58. The van der Waals surface area contributed by atoms with Crippen molar-refractivity contribution in [2.45, 2.75) is 6.54 Å². The Hall–Kier alpha value is -2.23. The third-order valence-corrected chi connectivity index (χ3v) is 2.84. The molecule has 4 heteroatoms. The molecular weight excluding hydrogens is 231 g/mol. The van der Waals surface area contributed by atoms with E-state index in [4.69, 9.17) is 5.73 Å². The van der Waals surface area contributed by atoms with E-state index in [9.17, 15) is 9.50 Å². The fraction of sp³-hybridized carbons (Fsp3) is 0.143. The van der Waals surface area contributed by atoms with Crippen molar-refractivity contribution in [2.24, 2.45) is 0 Å². The van der Waals surface area contributed by atoms with Gasteiger partial charge in [-0.3, -0.25) is 0 Å². The van der Waals surface area contributed by atoms with E-state index in [-0.39, 0.29) is 11.6 Å². The quantitative estimate of drug-likeness (QED) is 0.819. The average Bonchev–Trinajstić information content (AvgIpc) is 2.34. The van der Waals surface area contributed by atoms with E-state index in [1.165, 1.54) is 6.07 Å². The van der Waals surface area contributed by atoms with Gasteiger partial charge in [0.2, 0.25) is 0 Å². The molecule has 0 aliphatic carbocycles. The van der Waals surface area contributed by atoms with Gasteiger partial charge in [-0.25, -0.2) is 4.39 Å². The van der Waals surface area contributed by atoms with E-state index in [0.29, 0.717) is 17.8 Å². The molecule has 2 rings (SSSR count). The molecule has 3 N–H and O–H groups in total. The first kappa shape index (κ1) is 12.2. The van der Waals surface area contributed by atoms with Gasteiger partial charge in [-0.05, 0) is 36.4 Å². The monoisotopic (exact) mass is 246 g/mol. The molecule has 18 heavy (non-hydrogen) atoms. The molecule has 0 spiro atoms. The smallest absolute Gasteiger partial charge is 0.130 e. The summed E-state index contributed by atoms with van der Waals surface area (Å²) in [6, 6.07) is 11.4. The number of rotatable bonds is 3. The van der Waals surface area contributed by atoms with Gasteiger partial charge in [0.05, 0.1) is 0 Å². The van der Waals surface area contributed by atoms with Crippen LogP contribution in [0.25, 0.3) is 0 Å². The van der Waals surface area contributed by atoms with Crippen molar-refractivity contribution >= 4 is 11.4 Å². The number of aromatic hydroxyl groups is 1. The number of phenols is 1. The average molecular weight is 246 g/mol. The molecule has 0 unspecified atom stereocenters. The maximum absolute atomic E-state index is 13.6. The first-order valence-electron chi connectivity index (χ1n) is 5.61. The van der Waals surface area contributed by atoms with Crippen molar-refractivity contribution in [1.82, 2.24) is 0 Å². The molecule has 0 amide bonds. The lowest BCUT2D eigenvalue weighted by Crippen LogP contribution is -2.18. The summed E-state index contributed by atoms with van der Waals surface area (Å²) in [5, 5.41) is 9.22. The van der Waals surface area contributed by atoms with Crippen molar-refractivity contribution < 1.29 is 9.50 Å². The predicted octanol–water partition coefficient (Wildman–Crippen LogP) is 2.75. The second kappa shape index (κ2) is 4.96. The van der Waals surface area contributed by atoms with Gasteiger partial charge in [0, 0.05) is 30.5 Å². The maximum Gasteiger partial charge on any atom is 0.130 e. The van der Waals surface area contributed by atoms with Crippen LogP contribution in [0.2, 0.25) is 0 Å².